The van der Waals surface area contributed by atoms with Crippen molar-refractivity contribution in [3.8, 4) is 5.75 Å². The standard InChI is InChI=1S/C18H24N2O3/c1-11-6-5-7-12(2)20(11)19-18(21)17-13(3)15-10-14(22-4)8-9-16(15)23-17/h8-12H,5-7H2,1-4H3,(H,19,21)/t11-,12+. The number of nitrogens with zero attached hydrogens (tertiary/aromatic N) is 1. The Labute approximate surface area is 136 Å². The Morgan fingerprint density at radius 1 is 1.30 bits per heavy atom. The van der Waals surface area contributed by atoms with Gasteiger partial charge in [0.2, 0.25) is 0 Å². The number of hydrazine groups is 1. The molecule has 2 atom stereocenters. The zero-order valence-corrected chi connectivity index (χ0v) is 14.2. The summed E-state index contributed by atoms with van der Waals surface area (Å²) in [5, 5.41) is 2.97. The van der Waals surface area contributed by atoms with E-state index in [1.807, 2.05) is 25.1 Å². The highest BCUT2D eigenvalue weighted by Crippen LogP contribution is 2.29. The van der Waals surface area contributed by atoms with E-state index in [0.29, 0.717) is 23.4 Å². The van der Waals surface area contributed by atoms with Crippen LogP contribution < -0.4 is 10.2 Å². The van der Waals surface area contributed by atoms with Gasteiger partial charge < -0.3 is 9.15 Å². The molecule has 0 radical (unpaired) electrons. The number of rotatable bonds is 3. The average Bonchev–Trinajstić information content (AvgIpc) is 2.87. The second kappa shape index (κ2) is 6.24. The van der Waals surface area contributed by atoms with Gasteiger partial charge in [0, 0.05) is 23.0 Å². The fraction of sp³-hybridized carbons (Fsp3) is 0.500. The van der Waals surface area contributed by atoms with E-state index in [1.54, 1.807) is 7.11 Å². The summed E-state index contributed by atoms with van der Waals surface area (Å²) in [5.41, 5.74) is 4.58. The Hall–Kier alpha value is -2.01. The fourth-order valence-corrected chi connectivity index (χ4v) is 3.35. The van der Waals surface area contributed by atoms with Gasteiger partial charge in [0.15, 0.2) is 5.76 Å². The number of amides is 1. The molecule has 2 heterocycles. The summed E-state index contributed by atoms with van der Waals surface area (Å²) in [7, 11) is 1.63. The molecule has 5 heteroatoms. The SMILES string of the molecule is COc1ccc2oc(C(=O)NN3[C@H](C)CCC[C@@H]3C)c(C)c2c1. The van der Waals surface area contributed by atoms with Crippen LogP contribution in [0.5, 0.6) is 5.75 Å². The van der Waals surface area contributed by atoms with Gasteiger partial charge in [-0.05, 0) is 51.8 Å². The third-order valence-electron chi connectivity index (χ3n) is 4.77. The molecule has 1 amide bonds. The predicted octanol–water partition coefficient (Wildman–Crippen LogP) is 3.66. The minimum atomic E-state index is -0.182. The lowest BCUT2D eigenvalue weighted by Crippen LogP contribution is -2.54. The molecule has 0 spiro atoms. The third-order valence-corrected chi connectivity index (χ3v) is 4.77. The number of carbonyl (C=O) groups is 1. The number of aryl methyl sites for hydroxylation is 1. The molecule has 2 aromatic rings. The van der Waals surface area contributed by atoms with Crippen molar-refractivity contribution in [2.75, 3.05) is 7.11 Å². The molecule has 1 aromatic carbocycles. The van der Waals surface area contributed by atoms with Crippen LogP contribution in [0.1, 0.15) is 49.2 Å². The first-order valence-corrected chi connectivity index (χ1v) is 8.17. The highest BCUT2D eigenvalue weighted by atomic mass is 16.5. The zero-order chi connectivity index (χ0) is 16.6. The number of ether oxygens (including phenoxy) is 1. The zero-order valence-electron chi connectivity index (χ0n) is 14.2. The monoisotopic (exact) mass is 316 g/mol. The first-order chi connectivity index (χ1) is 11.0. The molecule has 0 saturated carbocycles. The summed E-state index contributed by atoms with van der Waals surface area (Å²) < 4.78 is 11.0. The number of piperidine rings is 1. The number of hydrogen-bond donors (Lipinski definition) is 1. The summed E-state index contributed by atoms with van der Waals surface area (Å²) in [4.78, 5) is 12.7. The van der Waals surface area contributed by atoms with Gasteiger partial charge in [0.05, 0.1) is 7.11 Å². The van der Waals surface area contributed by atoms with E-state index in [-0.39, 0.29) is 5.91 Å². The third kappa shape index (κ3) is 2.93. The Balaban J connectivity index is 1.87. The molecule has 0 unspecified atom stereocenters. The van der Waals surface area contributed by atoms with Crippen LogP contribution in [0.25, 0.3) is 11.0 Å². The lowest BCUT2D eigenvalue weighted by molar-refractivity contribution is 0.0352. The van der Waals surface area contributed by atoms with Crippen molar-refractivity contribution in [3.05, 3.63) is 29.5 Å². The molecule has 5 nitrogen and oxygen atoms in total. The summed E-state index contributed by atoms with van der Waals surface area (Å²) in [6, 6.07) is 6.25. The van der Waals surface area contributed by atoms with Gasteiger partial charge in [0.1, 0.15) is 11.3 Å². The molecule has 0 aliphatic carbocycles. The summed E-state index contributed by atoms with van der Waals surface area (Å²) in [5.74, 6) is 0.947. The van der Waals surface area contributed by atoms with Gasteiger partial charge in [0.25, 0.3) is 0 Å². The Kier molecular flexibility index (Phi) is 4.31. The summed E-state index contributed by atoms with van der Waals surface area (Å²) in [6.07, 6.45) is 3.40. The van der Waals surface area contributed by atoms with Gasteiger partial charge in [-0.15, -0.1) is 0 Å². The van der Waals surface area contributed by atoms with Crippen LogP contribution in [0.3, 0.4) is 0 Å². The Morgan fingerprint density at radius 3 is 2.65 bits per heavy atom. The van der Waals surface area contributed by atoms with Gasteiger partial charge in [-0.25, -0.2) is 5.01 Å². The van der Waals surface area contributed by atoms with E-state index < -0.39 is 0 Å². The average molecular weight is 316 g/mol. The molecule has 1 aromatic heterocycles. The first-order valence-electron chi connectivity index (χ1n) is 8.17. The van der Waals surface area contributed by atoms with Crippen LogP contribution in [-0.2, 0) is 0 Å². The molecule has 0 bridgehead atoms. The number of furan rings is 1. The highest BCUT2D eigenvalue weighted by Gasteiger charge is 2.28. The number of nitrogens with one attached hydrogen (secondary N) is 1. The quantitative estimate of drug-likeness (QED) is 0.939. The van der Waals surface area contributed by atoms with E-state index in [0.717, 1.165) is 29.5 Å². The van der Waals surface area contributed by atoms with E-state index >= 15 is 0 Å². The van der Waals surface area contributed by atoms with Crippen LogP contribution in [0.15, 0.2) is 22.6 Å². The van der Waals surface area contributed by atoms with Gasteiger partial charge in [-0.2, -0.15) is 0 Å². The maximum atomic E-state index is 12.7. The number of fused-ring (bicyclic) bond motifs is 1. The maximum Gasteiger partial charge on any atom is 0.301 e. The number of benzene rings is 1. The topological polar surface area (TPSA) is 54.7 Å². The number of hydrogen-bond acceptors (Lipinski definition) is 4. The molecular formula is C18H24N2O3. The minimum absolute atomic E-state index is 0.182. The molecule has 1 N–H and O–H groups in total. The van der Waals surface area contributed by atoms with Crippen LogP contribution >= 0.6 is 0 Å². The minimum Gasteiger partial charge on any atom is -0.497 e. The largest absolute Gasteiger partial charge is 0.497 e. The highest BCUT2D eigenvalue weighted by molar-refractivity contribution is 5.99. The van der Waals surface area contributed by atoms with Crippen molar-refractivity contribution in [1.82, 2.24) is 10.4 Å². The Bertz CT molecular complexity index is 712. The lowest BCUT2D eigenvalue weighted by atomic mass is 10.00. The lowest BCUT2D eigenvalue weighted by Gasteiger charge is -2.38. The molecule has 23 heavy (non-hydrogen) atoms. The Morgan fingerprint density at radius 2 is 2.00 bits per heavy atom. The van der Waals surface area contributed by atoms with E-state index in [9.17, 15) is 4.79 Å². The van der Waals surface area contributed by atoms with Crippen LogP contribution in [0.4, 0.5) is 0 Å². The van der Waals surface area contributed by atoms with Crippen LogP contribution in [-0.4, -0.2) is 30.1 Å². The van der Waals surface area contributed by atoms with Crippen LogP contribution in [0.2, 0.25) is 0 Å². The molecule has 1 aliphatic rings. The maximum absolute atomic E-state index is 12.7. The van der Waals surface area contributed by atoms with Crippen molar-refractivity contribution in [3.63, 3.8) is 0 Å². The van der Waals surface area contributed by atoms with Crippen molar-refractivity contribution in [1.29, 1.82) is 0 Å². The molecule has 3 rings (SSSR count). The summed E-state index contributed by atoms with van der Waals surface area (Å²) >= 11 is 0. The second-order valence-electron chi connectivity index (χ2n) is 6.40. The second-order valence-corrected chi connectivity index (χ2v) is 6.40. The van der Waals surface area contributed by atoms with Crippen molar-refractivity contribution in [2.45, 2.75) is 52.1 Å². The van der Waals surface area contributed by atoms with Crippen molar-refractivity contribution < 1.29 is 13.9 Å². The molecule has 124 valence electrons. The van der Waals surface area contributed by atoms with Gasteiger partial charge in [-0.1, -0.05) is 6.42 Å². The predicted molar refractivity (Wildman–Crippen MR) is 89.6 cm³/mol. The molecule has 1 aliphatic heterocycles. The normalized spacial score (nSPS) is 22.3. The molecule has 1 saturated heterocycles. The molecule has 1 fully saturated rings. The van der Waals surface area contributed by atoms with Crippen molar-refractivity contribution in [2.24, 2.45) is 0 Å². The van der Waals surface area contributed by atoms with Crippen molar-refractivity contribution >= 4 is 16.9 Å². The molecular weight excluding hydrogens is 292 g/mol. The van der Waals surface area contributed by atoms with E-state index in [4.69, 9.17) is 9.15 Å². The van der Waals surface area contributed by atoms with Gasteiger partial charge >= 0.3 is 5.91 Å². The smallest absolute Gasteiger partial charge is 0.301 e. The number of carbonyl (C=O) groups excluding carboxylic acids is 1. The van der Waals surface area contributed by atoms with Crippen LogP contribution in [0, 0.1) is 6.92 Å². The summed E-state index contributed by atoms with van der Waals surface area (Å²) in [6.45, 7) is 6.20. The van der Waals surface area contributed by atoms with Gasteiger partial charge in [-0.3, -0.25) is 10.2 Å². The number of methoxy groups -OCH3 is 1. The van der Waals surface area contributed by atoms with E-state index in [1.165, 1.54) is 6.42 Å². The fourth-order valence-electron chi connectivity index (χ4n) is 3.35. The first kappa shape index (κ1) is 15.9. The van der Waals surface area contributed by atoms with E-state index in [2.05, 4.69) is 24.3 Å².